The lowest BCUT2D eigenvalue weighted by Gasteiger charge is -2.07. The van der Waals surface area contributed by atoms with E-state index in [1.807, 2.05) is 0 Å². The smallest absolute Gasteiger partial charge is 0.255 e. The molecule has 0 saturated carbocycles. The zero-order valence-electron chi connectivity index (χ0n) is 7.52. The summed E-state index contributed by atoms with van der Waals surface area (Å²) in [6.07, 6.45) is -3.12. The highest BCUT2D eigenvalue weighted by Crippen LogP contribution is 2.32. The van der Waals surface area contributed by atoms with Crippen molar-refractivity contribution in [3.63, 3.8) is 0 Å². The summed E-state index contributed by atoms with van der Waals surface area (Å²) in [7, 11) is 0. The summed E-state index contributed by atoms with van der Waals surface area (Å²) in [5.74, 6) is 0. The van der Waals surface area contributed by atoms with E-state index < -0.39 is 11.9 Å². The molecule has 16 heavy (non-hydrogen) atoms. The molecule has 0 aliphatic carbocycles. The minimum Gasteiger partial charge on any atom is -0.255 e. The molecule has 2 nitrogen and oxygen atoms in total. The molecule has 0 atom stereocenters. The third-order valence-electron chi connectivity index (χ3n) is 1.89. The van der Waals surface area contributed by atoms with Crippen LogP contribution in [0.1, 0.15) is 5.69 Å². The molecule has 84 valence electrons. The van der Waals surface area contributed by atoms with Crippen LogP contribution in [0.3, 0.4) is 0 Å². The van der Waals surface area contributed by atoms with Gasteiger partial charge in [0, 0.05) is 16.1 Å². The van der Waals surface area contributed by atoms with E-state index in [1.165, 1.54) is 6.20 Å². The van der Waals surface area contributed by atoms with Crippen molar-refractivity contribution in [3.05, 3.63) is 33.6 Å². The molecule has 0 bridgehead atoms. The zero-order chi connectivity index (χ0) is 11.9. The number of rotatable bonds is 0. The van der Waals surface area contributed by atoms with Gasteiger partial charge in [-0.25, -0.2) is 4.98 Å². The summed E-state index contributed by atoms with van der Waals surface area (Å²) in [5, 5.41) is 0.169. The van der Waals surface area contributed by atoms with Gasteiger partial charge in [-0.3, -0.25) is 4.98 Å². The van der Waals surface area contributed by atoms with E-state index in [0.29, 0.717) is 9.86 Å². The molecule has 2 heterocycles. The molecule has 0 fully saturated rings. The average Bonchev–Trinajstić information content (AvgIpc) is 2.17. The Morgan fingerprint density at radius 2 is 1.94 bits per heavy atom. The predicted molar refractivity (Wildman–Crippen MR) is 57.3 cm³/mol. The summed E-state index contributed by atoms with van der Waals surface area (Å²) in [6.45, 7) is 0. The van der Waals surface area contributed by atoms with E-state index in [1.54, 1.807) is 6.07 Å². The van der Waals surface area contributed by atoms with Crippen molar-refractivity contribution >= 4 is 38.4 Å². The summed E-state index contributed by atoms with van der Waals surface area (Å²) in [4.78, 5) is 7.14. The molecule has 2 rings (SSSR count). The third kappa shape index (κ3) is 2.12. The van der Waals surface area contributed by atoms with Gasteiger partial charge in [-0.05, 0) is 28.1 Å². The number of hydrogen-bond acceptors (Lipinski definition) is 2. The average molecular weight is 311 g/mol. The Morgan fingerprint density at radius 3 is 2.56 bits per heavy atom. The number of aromatic nitrogens is 2. The maximum absolute atomic E-state index is 12.4. The first kappa shape index (κ1) is 11.6. The molecule has 2 aromatic heterocycles. The third-order valence-corrected chi connectivity index (χ3v) is 2.61. The largest absolute Gasteiger partial charge is 0.433 e. The van der Waals surface area contributed by atoms with Gasteiger partial charge >= 0.3 is 6.18 Å². The SMILES string of the molecule is FC(F)(F)c1cc2ncc(Br)cc2c(Cl)n1. The lowest BCUT2D eigenvalue weighted by Crippen LogP contribution is -2.08. The van der Waals surface area contributed by atoms with Gasteiger partial charge < -0.3 is 0 Å². The quantitative estimate of drug-likeness (QED) is 0.686. The van der Waals surface area contributed by atoms with Crippen molar-refractivity contribution in [2.75, 3.05) is 0 Å². The Kier molecular flexibility index (Phi) is 2.79. The molecular formula is C9H3BrClF3N2. The highest BCUT2D eigenvalue weighted by Gasteiger charge is 2.33. The molecule has 0 N–H and O–H groups in total. The van der Waals surface area contributed by atoms with Gasteiger partial charge in [0.25, 0.3) is 0 Å². The van der Waals surface area contributed by atoms with Crippen LogP contribution in [0.4, 0.5) is 13.2 Å². The van der Waals surface area contributed by atoms with Crippen LogP contribution in [0, 0.1) is 0 Å². The van der Waals surface area contributed by atoms with Crippen LogP contribution in [-0.4, -0.2) is 9.97 Å². The maximum Gasteiger partial charge on any atom is 0.433 e. The van der Waals surface area contributed by atoms with Crippen molar-refractivity contribution in [2.45, 2.75) is 6.18 Å². The van der Waals surface area contributed by atoms with E-state index in [9.17, 15) is 13.2 Å². The number of halogens is 5. The second-order valence-electron chi connectivity index (χ2n) is 3.02. The Labute approximate surface area is 102 Å². The summed E-state index contributed by atoms with van der Waals surface area (Å²) >= 11 is 8.82. The predicted octanol–water partition coefficient (Wildman–Crippen LogP) is 4.06. The Morgan fingerprint density at radius 1 is 1.25 bits per heavy atom. The van der Waals surface area contributed by atoms with Crippen LogP contribution in [0.25, 0.3) is 10.9 Å². The molecule has 0 radical (unpaired) electrons. The van der Waals surface area contributed by atoms with Crippen LogP contribution >= 0.6 is 27.5 Å². The number of pyridine rings is 2. The number of nitrogens with zero attached hydrogens (tertiary/aromatic N) is 2. The van der Waals surface area contributed by atoms with Crippen molar-refractivity contribution in [2.24, 2.45) is 0 Å². The summed E-state index contributed by atoms with van der Waals surface area (Å²) in [6, 6.07) is 2.44. The Hall–Kier alpha value is -0.880. The fourth-order valence-corrected chi connectivity index (χ4v) is 1.78. The van der Waals surface area contributed by atoms with Crippen LogP contribution in [0.5, 0.6) is 0 Å². The normalized spacial score (nSPS) is 12.1. The summed E-state index contributed by atoms with van der Waals surface area (Å²) < 4.78 is 37.9. The van der Waals surface area contributed by atoms with E-state index in [0.717, 1.165) is 6.07 Å². The molecule has 0 aromatic carbocycles. The second-order valence-corrected chi connectivity index (χ2v) is 4.29. The van der Waals surface area contributed by atoms with Gasteiger partial charge in [-0.1, -0.05) is 11.6 Å². The molecular weight excluding hydrogens is 308 g/mol. The maximum atomic E-state index is 12.4. The number of fused-ring (bicyclic) bond motifs is 1. The molecule has 0 aliphatic heterocycles. The second kappa shape index (κ2) is 3.85. The van der Waals surface area contributed by atoms with Crippen molar-refractivity contribution < 1.29 is 13.2 Å². The molecule has 0 amide bonds. The van der Waals surface area contributed by atoms with Crippen molar-refractivity contribution in [1.82, 2.24) is 9.97 Å². The van der Waals surface area contributed by atoms with Gasteiger partial charge in [0.1, 0.15) is 10.8 Å². The lowest BCUT2D eigenvalue weighted by atomic mass is 10.2. The first-order chi connectivity index (χ1) is 7.38. The topological polar surface area (TPSA) is 25.8 Å². The number of hydrogen-bond donors (Lipinski definition) is 0. The standard InChI is InChI=1S/C9H3BrClF3N2/c10-4-1-5-6(15-3-4)2-7(9(12,13)14)16-8(5)11/h1-3H. The fourth-order valence-electron chi connectivity index (χ4n) is 1.20. The van der Waals surface area contributed by atoms with E-state index in [2.05, 4.69) is 25.9 Å². The van der Waals surface area contributed by atoms with Crippen LogP contribution in [0.15, 0.2) is 22.8 Å². The van der Waals surface area contributed by atoms with E-state index in [-0.39, 0.29) is 10.7 Å². The highest BCUT2D eigenvalue weighted by molar-refractivity contribution is 9.10. The van der Waals surface area contributed by atoms with Crippen LogP contribution in [0.2, 0.25) is 5.15 Å². The fraction of sp³-hybridized carbons (Fsp3) is 0.111. The minimum atomic E-state index is -4.52. The lowest BCUT2D eigenvalue weighted by molar-refractivity contribution is -0.141. The minimum absolute atomic E-state index is 0.163. The highest BCUT2D eigenvalue weighted by atomic mass is 79.9. The zero-order valence-corrected chi connectivity index (χ0v) is 9.86. The molecule has 0 unspecified atom stereocenters. The molecule has 0 saturated heterocycles. The first-order valence-electron chi connectivity index (χ1n) is 4.07. The molecule has 0 aliphatic rings. The van der Waals surface area contributed by atoms with Crippen LogP contribution in [-0.2, 0) is 6.18 Å². The molecule has 2 aromatic rings. The van der Waals surface area contributed by atoms with E-state index >= 15 is 0 Å². The van der Waals surface area contributed by atoms with Crippen LogP contribution < -0.4 is 0 Å². The van der Waals surface area contributed by atoms with Gasteiger partial charge in [-0.2, -0.15) is 13.2 Å². The monoisotopic (exact) mass is 310 g/mol. The summed E-state index contributed by atoms with van der Waals surface area (Å²) in [5.41, 5.74) is -0.879. The Balaban J connectivity index is 2.74. The van der Waals surface area contributed by atoms with Crippen molar-refractivity contribution in [1.29, 1.82) is 0 Å². The molecule has 7 heteroatoms. The van der Waals surface area contributed by atoms with Gasteiger partial charge in [-0.15, -0.1) is 0 Å². The van der Waals surface area contributed by atoms with Gasteiger partial charge in [0.15, 0.2) is 0 Å². The van der Waals surface area contributed by atoms with E-state index in [4.69, 9.17) is 11.6 Å². The van der Waals surface area contributed by atoms with Crippen molar-refractivity contribution in [3.8, 4) is 0 Å². The Bertz CT molecular complexity index is 556. The molecule has 0 spiro atoms. The first-order valence-corrected chi connectivity index (χ1v) is 5.24. The van der Waals surface area contributed by atoms with Gasteiger partial charge in [0.05, 0.1) is 5.52 Å². The van der Waals surface area contributed by atoms with Gasteiger partial charge in [0.2, 0.25) is 0 Å². The number of alkyl halides is 3.